The summed E-state index contributed by atoms with van der Waals surface area (Å²) in [6.45, 7) is 4.20. The molecule has 2 heteroatoms. The number of hydrogen-bond acceptors (Lipinski definition) is 2. The molecule has 0 amide bonds. The molecule has 1 unspecified atom stereocenters. The summed E-state index contributed by atoms with van der Waals surface area (Å²) in [5, 5.41) is 13.9. The van der Waals surface area contributed by atoms with Gasteiger partial charge in [-0.25, -0.2) is 0 Å². The third-order valence-corrected chi connectivity index (χ3v) is 4.77. The van der Waals surface area contributed by atoms with Crippen LogP contribution in [0.5, 0.6) is 0 Å². The molecule has 0 radical (unpaired) electrons. The first-order valence-electron chi connectivity index (χ1n) is 6.85. The third-order valence-electron chi connectivity index (χ3n) is 3.79. The summed E-state index contributed by atoms with van der Waals surface area (Å²) >= 11 is 1.70. The maximum absolute atomic E-state index is 10.6. The Labute approximate surface area is 123 Å². The Hall–Kier alpha value is -1.64. The molecule has 0 aliphatic carbocycles. The van der Waals surface area contributed by atoms with E-state index < -0.39 is 6.10 Å². The Balaban J connectivity index is 1.95. The van der Waals surface area contributed by atoms with Gasteiger partial charge in [0.15, 0.2) is 0 Å². The highest BCUT2D eigenvalue weighted by atomic mass is 32.1. The number of aliphatic hydroxyl groups excluding tert-OH is 1. The van der Waals surface area contributed by atoms with Gasteiger partial charge in [-0.15, -0.1) is 11.3 Å². The lowest BCUT2D eigenvalue weighted by molar-refractivity contribution is 0.180. The molecule has 0 fully saturated rings. The van der Waals surface area contributed by atoms with Crippen molar-refractivity contribution in [3.05, 3.63) is 70.1 Å². The van der Waals surface area contributed by atoms with E-state index in [1.807, 2.05) is 12.1 Å². The summed E-state index contributed by atoms with van der Waals surface area (Å²) in [5.74, 6) is 0. The van der Waals surface area contributed by atoms with Crippen molar-refractivity contribution in [1.82, 2.24) is 0 Å². The summed E-state index contributed by atoms with van der Waals surface area (Å²) in [5.41, 5.74) is 4.75. The minimum Gasteiger partial charge on any atom is -0.388 e. The van der Waals surface area contributed by atoms with Crippen LogP contribution in [0.4, 0.5) is 0 Å². The second kappa shape index (κ2) is 5.39. The second-order valence-corrected chi connectivity index (χ2v) is 6.25. The smallest absolute Gasteiger partial charge is 0.0844 e. The second-order valence-electron chi connectivity index (χ2n) is 5.34. The highest BCUT2D eigenvalue weighted by molar-refractivity contribution is 7.17. The van der Waals surface area contributed by atoms with E-state index in [9.17, 15) is 5.11 Å². The normalized spacial score (nSPS) is 12.8. The fourth-order valence-electron chi connectivity index (χ4n) is 2.62. The SMILES string of the molecule is Cc1ccc(C)c(CC(O)c2cccc3ccsc23)c1. The maximum atomic E-state index is 10.6. The van der Waals surface area contributed by atoms with Crippen LogP contribution in [0.25, 0.3) is 10.1 Å². The molecule has 0 saturated heterocycles. The monoisotopic (exact) mass is 282 g/mol. The van der Waals surface area contributed by atoms with Crippen LogP contribution >= 0.6 is 11.3 Å². The number of fused-ring (bicyclic) bond motifs is 1. The summed E-state index contributed by atoms with van der Waals surface area (Å²) in [4.78, 5) is 0. The lowest BCUT2D eigenvalue weighted by Gasteiger charge is -2.14. The van der Waals surface area contributed by atoms with Gasteiger partial charge in [-0.1, -0.05) is 42.0 Å². The first-order valence-corrected chi connectivity index (χ1v) is 7.73. The molecule has 0 aliphatic heterocycles. The minimum absolute atomic E-state index is 0.446. The van der Waals surface area contributed by atoms with Crippen molar-refractivity contribution in [2.45, 2.75) is 26.4 Å². The Morgan fingerprint density at radius 1 is 1.10 bits per heavy atom. The van der Waals surface area contributed by atoms with E-state index in [1.54, 1.807) is 11.3 Å². The first kappa shape index (κ1) is 13.3. The van der Waals surface area contributed by atoms with Crippen LogP contribution in [0.1, 0.15) is 28.4 Å². The molecule has 1 heterocycles. The standard InChI is InChI=1S/C18H18OS/c1-12-6-7-13(2)15(10-12)11-17(19)16-5-3-4-14-8-9-20-18(14)16/h3-10,17,19H,11H2,1-2H3. The molecule has 1 aromatic heterocycles. The van der Waals surface area contributed by atoms with Gasteiger partial charge in [0.25, 0.3) is 0 Å². The number of thiophene rings is 1. The number of hydrogen-bond donors (Lipinski definition) is 1. The van der Waals surface area contributed by atoms with Crippen LogP contribution in [0.15, 0.2) is 47.8 Å². The molecule has 1 N–H and O–H groups in total. The van der Waals surface area contributed by atoms with Crippen LogP contribution in [0.2, 0.25) is 0 Å². The largest absolute Gasteiger partial charge is 0.388 e. The Kier molecular flexibility index (Phi) is 3.60. The summed E-state index contributed by atoms with van der Waals surface area (Å²) < 4.78 is 1.20. The van der Waals surface area contributed by atoms with Gasteiger partial charge in [-0.3, -0.25) is 0 Å². The van der Waals surface area contributed by atoms with Crippen LogP contribution in [-0.4, -0.2) is 5.11 Å². The molecule has 102 valence electrons. The maximum Gasteiger partial charge on any atom is 0.0844 e. The van der Waals surface area contributed by atoms with Crippen molar-refractivity contribution in [3.8, 4) is 0 Å². The predicted octanol–water partition coefficient (Wildman–Crippen LogP) is 4.79. The van der Waals surface area contributed by atoms with Crippen LogP contribution in [-0.2, 0) is 6.42 Å². The molecule has 0 bridgehead atoms. The van der Waals surface area contributed by atoms with Crippen molar-refractivity contribution in [1.29, 1.82) is 0 Å². The highest BCUT2D eigenvalue weighted by Crippen LogP contribution is 2.31. The van der Waals surface area contributed by atoms with Gasteiger partial charge in [0, 0.05) is 11.1 Å². The molecule has 0 spiro atoms. The summed E-state index contributed by atoms with van der Waals surface area (Å²) in [6.07, 6.45) is 0.225. The van der Waals surface area contributed by atoms with Crippen LogP contribution in [0.3, 0.4) is 0 Å². The van der Waals surface area contributed by atoms with Gasteiger partial charge in [-0.2, -0.15) is 0 Å². The predicted molar refractivity (Wildman–Crippen MR) is 86.4 cm³/mol. The average molecular weight is 282 g/mol. The van der Waals surface area contributed by atoms with Gasteiger partial charge in [-0.05, 0) is 47.4 Å². The van der Waals surface area contributed by atoms with Crippen molar-refractivity contribution >= 4 is 21.4 Å². The van der Waals surface area contributed by atoms with E-state index in [0.717, 1.165) is 5.56 Å². The minimum atomic E-state index is -0.446. The van der Waals surface area contributed by atoms with E-state index in [4.69, 9.17) is 0 Å². The van der Waals surface area contributed by atoms with Gasteiger partial charge >= 0.3 is 0 Å². The molecule has 1 nitrogen and oxygen atoms in total. The lowest BCUT2D eigenvalue weighted by atomic mass is 9.96. The van der Waals surface area contributed by atoms with Gasteiger partial charge in [0.1, 0.15) is 0 Å². The van der Waals surface area contributed by atoms with Crippen molar-refractivity contribution in [2.24, 2.45) is 0 Å². The molecule has 1 atom stereocenters. The number of benzene rings is 2. The first-order chi connectivity index (χ1) is 9.65. The molecule has 3 rings (SSSR count). The Bertz CT molecular complexity index is 742. The molecular weight excluding hydrogens is 264 g/mol. The zero-order valence-electron chi connectivity index (χ0n) is 11.8. The zero-order valence-corrected chi connectivity index (χ0v) is 12.6. The van der Waals surface area contributed by atoms with E-state index in [2.05, 4.69) is 49.6 Å². The Morgan fingerprint density at radius 2 is 1.95 bits per heavy atom. The quantitative estimate of drug-likeness (QED) is 0.732. The highest BCUT2D eigenvalue weighted by Gasteiger charge is 2.14. The van der Waals surface area contributed by atoms with Gasteiger partial charge in [0.05, 0.1) is 6.10 Å². The lowest BCUT2D eigenvalue weighted by Crippen LogP contribution is -2.03. The van der Waals surface area contributed by atoms with Gasteiger partial charge in [0.2, 0.25) is 0 Å². The van der Waals surface area contributed by atoms with Gasteiger partial charge < -0.3 is 5.11 Å². The summed E-state index contributed by atoms with van der Waals surface area (Å²) in [7, 11) is 0. The number of rotatable bonds is 3. The van der Waals surface area contributed by atoms with E-state index in [0.29, 0.717) is 6.42 Å². The number of aryl methyl sites for hydroxylation is 2. The fraction of sp³-hybridized carbons (Fsp3) is 0.222. The molecular formula is C18H18OS. The summed E-state index contributed by atoms with van der Waals surface area (Å²) in [6, 6.07) is 14.7. The van der Waals surface area contributed by atoms with Crippen LogP contribution in [0, 0.1) is 13.8 Å². The molecule has 2 aromatic carbocycles. The molecule has 3 aromatic rings. The topological polar surface area (TPSA) is 20.2 Å². The van der Waals surface area contributed by atoms with Crippen molar-refractivity contribution in [3.63, 3.8) is 0 Å². The third kappa shape index (κ3) is 2.49. The molecule has 0 aliphatic rings. The van der Waals surface area contributed by atoms with E-state index in [1.165, 1.54) is 26.8 Å². The average Bonchev–Trinajstić information content (AvgIpc) is 2.91. The van der Waals surface area contributed by atoms with Crippen LogP contribution < -0.4 is 0 Å². The van der Waals surface area contributed by atoms with E-state index >= 15 is 0 Å². The van der Waals surface area contributed by atoms with Crippen molar-refractivity contribution < 1.29 is 5.11 Å². The Morgan fingerprint density at radius 3 is 2.80 bits per heavy atom. The van der Waals surface area contributed by atoms with Crippen molar-refractivity contribution in [2.75, 3.05) is 0 Å². The number of aliphatic hydroxyl groups is 1. The fourth-order valence-corrected chi connectivity index (χ4v) is 3.58. The molecule has 20 heavy (non-hydrogen) atoms. The van der Waals surface area contributed by atoms with E-state index in [-0.39, 0.29) is 0 Å². The zero-order chi connectivity index (χ0) is 14.1. The molecule has 0 saturated carbocycles.